The van der Waals surface area contributed by atoms with Gasteiger partial charge in [-0.25, -0.2) is 0 Å². The Morgan fingerprint density at radius 3 is 2.23 bits per heavy atom. The molecule has 1 atom stereocenters. The predicted octanol–water partition coefficient (Wildman–Crippen LogP) is 6.74. The van der Waals surface area contributed by atoms with Crippen molar-refractivity contribution in [3.63, 3.8) is 0 Å². The maximum atomic E-state index is 13.5. The molecule has 1 aliphatic heterocycles. The smallest absolute Gasteiger partial charge is 0.300 e. The first-order chi connectivity index (χ1) is 19.4. The van der Waals surface area contributed by atoms with Crippen LogP contribution in [0.1, 0.15) is 57.2 Å². The molecule has 0 aromatic heterocycles. The van der Waals surface area contributed by atoms with Gasteiger partial charge in [0.15, 0.2) is 0 Å². The minimum absolute atomic E-state index is 0.0303. The lowest BCUT2D eigenvalue weighted by Gasteiger charge is -2.27. The number of ether oxygens (including phenoxy) is 2. The number of nitrogens with zero attached hydrogens (tertiary/aromatic N) is 2. The highest BCUT2D eigenvalue weighted by molar-refractivity contribution is 6.51. The van der Waals surface area contributed by atoms with Gasteiger partial charge >= 0.3 is 0 Å². The molecule has 1 heterocycles. The number of methoxy groups -OCH3 is 1. The van der Waals surface area contributed by atoms with Gasteiger partial charge in [-0.1, -0.05) is 31.9 Å². The molecule has 7 nitrogen and oxygen atoms in total. The molecule has 210 valence electrons. The van der Waals surface area contributed by atoms with Crippen molar-refractivity contribution >= 4 is 28.8 Å². The van der Waals surface area contributed by atoms with Crippen molar-refractivity contribution in [2.75, 3.05) is 36.6 Å². The summed E-state index contributed by atoms with van der Waals surface area (Å²) in [5.41, 5.74) is 2.72. The minimum Gasteiger partial charge on any atom is -0.507 e. The molecule has 1 fully saturated rings. The number of hydrogen-bond acceptors (Lipinski definition) is 6. The van der Waals surface area contributed by atoms with E-state index in [-0.39, 0.29) is 11.3 Å². The first kappa shape index (κ1) is 28.7. The molecule has 40 heavy (non-hydrogen) atoms. The monoisotopic (exact) mass is 542 g/mol. The van der Waals surface area contributed by atoms with Gasteiger partial charge in [0.05, 0.1) is 25.3 Å². The minimum atomic E-state index is -0.834. The van der Waals surface area contributed by atoms with Gasteiger partial charge < -0.3 is 19.5 Å². The highest BCUT2D eigenvalue weighted by Crippen LogP contribution is 2.43. The second-order valence-corrected chi connectivity index (χ2v) is 9.71. The van der Waals surface area contributed by atoms with E-state index in [0.29, 0.717) is 34.9 Å². The van der Waals surface area contributed by atoms with Gasteiger partial charge in [-0.2, -0.15) is 0 Å². The molecule has 4 rings (SSSR count). The molecule has 7 heteroatoms. The molecule has 1 unspecified atom stereocenters. The number of aliphatic hydroxyl groups excluding tert-OH is 1. The maximum absolute atomic E-state index is 13.5. The predicted molar refractivity (Wildman–Crippen MR) is 159 cm³/mol. The third kappa shape index (κ3) is 5.98. The van der Waals surface area contributed by atoms with Gasteiger partial charge in [0.1, 0.15) is 17.3 Å². The summed E-state index contributed by atoms with van der Waals surface area (Å²) in [4.78, 5) is 30.7. The molecule has 1 aliphatic rings. The van der Waals surface area contributed by atoms with E-state index >= 15 is 0 Å². The number of anilines is 2. The topological polar surface area (TPSA) is 79.3 Å². The highest BCUT2D eigenvalue weighted by atomic mass is 16.5. The number of carbonyl (C=O) groups excluding carboxylic acids is 2. The second kappa shape index (κ2) is 13.2. The number of hydrogen-bond donors (Lipinski definition) is 1. The summed E-state index contributed by atoms with van der Waals surface area (Å²) < 4.78 is 11.2. The first-order valence-electron chi connectivity index (χ1n) is 14.0. The number of Topliss-reactive ketones (excluding diaryl/α,β-unsaturated/α-hetero) is 1. The van der Waals surface area contributed by atoms with Gasteiger partial charge in [0.25, 0.3) is 11.7 Å². The number of rotatable bonds is 12. The van der Waals surface area contributed by atoms with Crippen LogP contribution in [0.2, 0.25) is 0 Å². The Bertz CT molecular complexity index is 1340. The van der Waals surface area contributed by atoms with Crippen LogP contribution in [0.3, 0.4) is 0 Å². The van der Waals surface area contributed by atoms with Crippen LogP contribution in [0.15, 0.2) is 78.4 Å². The van der Waals surface area contributed by atoms with Gasteiger partial charge in [0, 0.05) is 30.0 Å². The Labute approximate surface area is 236 Å². The molecule has 0 spiro atoms. The van der Waals surface area contributed by atoms with E-state index < -0.39 is 17.7 Å². The van der Waals surface area contributed by atoms with Gasteiger partial charge in [-0.3, -0.25) is 14.5 Å². The van der Waals surface area contributed by atoms with E-state index in [2.05, 4.69) is 25.7 Å². The largest absolute Gasteiger partial charge is 0.507 e. The Morgan fingerprint density at radius 1 is 0.900 bits per heavy atom. The number of ketones is 1. The summed E-state index contributed by atoms with van der Waals surface area (Å²) in [5.74, 6) is -0.389. The van der Waals surface area contributed by atoms with Crippen LogP contribution in [0, 0.1) is 0 Å². The molecule has 1 N–H and O–H groups in total. The van der Waals surface area contributed by atoms with Crippen molar-refractivity contribution in [3.8, 4) is 11.5 Å². The molecular weight excluding hydrogens is 504 g/mol. The van der Waals surface area contributed by atoms with Crippen molar-refractivity contribution in [2.45, 2.75) is 46.1 Å². The molecule has 0 saturated carbocycles. The third-order valence-corrected chi connectivity index (χ3v) is 7.25. The van der Waals surface area contributed by atoms with Gasteiger partial charge in [-0.15, -0.1) is 0 Å². The van der Waals surface area contributed by atoms with Gasteiger partial charge in [0.2, 0.25) is 0 Å². The molecule has 1 saturated heterocycles. The standard InChI is InChI=1S/C33H38N2O5/c1-5-8-9-21-40-27-19-13-23(14-20-27)31(36)29-30(24-11-10-12-28(22-24)39-4)35(33(38)32(29)37)26-17-15-25(16-18-26)34(6-2)7-3/h10-20,22,30,36H,5-9,21H2,1-4H3/b31-29-. The van der Waals surface area contributed by atoms with Crippen LogP contribution in [-0.2, 0) is 9.59 Å². The first-order valence-corrected chi connectivity index (χ1v) is 14.0. The second-order valence-electron chi connectivity index (χ2n) is 9.71. The molecule has 3 aromatic rings. The SMILES string of the molecule is CCCCCOc1ccc(/C(O)=C2/C(=O)C(=O)N(c3ccc(N(CC)CC)cc3)C2c2cccc(OC)c2)cc1. The van der Waals surface area contributed by atoms with Crippen LogP contribution in [0.4, 0.5) is 11.4 Å². The fraction of sp³-hybridized carbons (Fsp3) is 0.333. The summed E-state index contributed by atoms with van der Waals surface area (Å²) in [7, 11) is 1.56. The van der Waals surface area contributed by atoms with E-state index in [4.69, 9.17) is 9.47 Å². The summed E-state index contributed by atoms with van der Waals surface area (Å²) in [6.07, 6.45) is 3.18. The number of aliphatic hydroxyl groups is 1. The van der Waals surface area contributed by atoms with E-state index in [1.807, 2.05) is 36.4 Å². The summed E-state index contributed by atoms with van der Waals surface area (Å²) >= 11 is 0. The lowest BCUT2D eigenvalue weighted by atomic mass is 9.95. The fourth-order valence-corrected chi connectivity index (χ4v) is 5.05. The summed E-state index contributed by atoms with van der Waals surface area (Å²) in [6.45, 7) is 8.64. The van der Waals surface area contributed by atoms with Crippen LogP contribution in [0.25, 0.3) is 5.76 Å². The Hall–Kier alpha value is -4.26. The van der Waals surface area contributed by atoms with E-state index in [9.17, 15) is 14.7 Å². The quantitative estimate of drug-likeness (QED) is 0.118. The zero-order valence-corrected chi connectivity index (χ0v) is 23.7. The lowest BCUT2D eigenvalue weighted by molar-refractivity contribution is -0.132. The van der Waals surface area contributed by atoms with Crippen LogP contribution < -0.4 is 19.3 Å². The summed E-state index contributed by atoms with van der Waals surface area (Å²) in [6, 6.07) is 20.9. The Morgan fingerprint density at radius 2 is 1.60 bits per heavy atom. The molecule has 1 amide bonds. The third-order valence-electron chi connectivity index (χ3n) is 7.25. The van der Waals surface area contributed by atoms with E-state index in [0.717, 1.165) is 38.0 Å². The van der Waals surface area contributed by atoms with Crippen molar-refractivity contribution in [1.29, 1.82) is 0 Å². The van der Waals surface area contributed by atoms with Crippen molar-refractivity contribution in [1.82, 2.24) is 0 Å². The molecule has 0 aliphatic carbocycles. The fourth-order valence-electron chi connectivity index (χ4n) is 5.05. The van der Waals surface area contributed by atoms with E-state index in [1.54, 1.807) is 43.5 Å². The zero-order valence-electron chi connectivity index (χ0n) is 23.7. The number of benzene rings is 3. The molecular formula is C33H38N2O5. The normalized spacial score (nSPS) is 16.3. The zero-order chi connectivity index (χ0) is 28.6. The summed E-state index contributed by atoms with van der Waals surface area (Å²) in [5, 5.41) is 11.5. The average molecular weight is 543 g/mol. The number of amides is 1. The number of carbonyl (C=O) groups is 2. The highest BCUT2D eigenvalue weighted by Gasteiger charge is 2.47. The van der Waals surface area contributed by atoms with Crippen LogP contribution >= 0.6 is 0 Å². The molecule has 3 aromatic carbocycles. The van der Waals surface area contributed by atoms with Crippen molar-refractivity contribution < 1.29 is 24.2 Å². The molecule has 0 bridgehead atoms. The molecule has 0 radical (unpaired) electrons. The van der Waals surface area contributed by atoms with Crippen molar-refractivity contribution in [2.24, 2.45) is 0 Å². The van der Waals surface area contributed by atoms with Gasteiger partial charge in [-0.05, 0) is 86.5 Å². The van der Waals surface area contributed by atoms with Crippen LogP contribution in [-0.4, -0.2) is 43.6 Å². The number of unbranched alkanes of at least 4 members (excludes halogenated alkanes) is 2. The maximum Gasteiger partial charge on any atom is 0.300 e. The average Bonchev–Trinajstić information content (AvgIpc) is 3.26. The Balaban J connectivity index is 1.76. The Kier molecular flexibility index (Phi) is 9.48. The van der Waals surface area contributed by atoms with Crippen LogP contribution in [0.5, 0.6) is 11.5 Å². The lowest BCUT2D eigenvalue weighted by Crippen LogP contribution is -2.29. The van der Waals surface area contributed by atoms with E-state index in [1.165, 1.54) is 4.90 Å². The van der Waals surface area contributed by atoms with Crippen molar-refractivity contribution in [3.05, 3.63) is 89.5 Å².